The van der Waals surface area contributed by atoms with Crippen molar-refractivity contribution in [3.05, 3.63) is 120 Å². The fourth-order valence-electron chi connectivity index (χ4n) is 8.81. The molecule has 0 saturated carbocycles. The number of aromatic hydroxyl groups is 3. The molecule has 54 heavy (non-hydrogen) atoms. The molecule has 0 unspecified atom stereocenters. The Hall–Kier alpha value is -3.72. The van der Waals surface area contributed by atoms with Gasteiger partial charge in [0.2, 0.25) is 0 Å². The van der Waals surface area contributed by atoms with Crippen LogP contribution in [0.5, 0.6) is 17.2 Å². The van der Waals surface area contributed by atoms with E-state index in [1.165, 1.54) is 50.1 Å². The lowest BCUT2D eigenvalue weighted by molar-refractivity contribution is 0.453. The Morgan fingerprint density at radius 1 is 0.315 bits per heavy atom. The first-order chi connectivity index (χ1) is 25.4. The van der Waals surface area contributed by atoms with Crippen LogP contribution in [0.3, 0.4) is 0 Å². The Kier molecular flexibility index (Phi) is 14.2. The molecule has 0 bridgehead atoms. The van der Waals surface area contributed by atoms with E-state index in [4.69, 9.17) is 0 Å². The van der Waals surface area contributed by atoms with Gasteiger partial charge in [0.1, 0.15) is 17.2 Å². The van der Waals surface area contributed by atoms with E-state index < -0.39 is 0 Å². The summed E-state index contributed by atoms with van der Waals surface area (Å²) in [5.41, 5.74) is 18.5. The van der Waals surface area contributed by atoms with E-state index in [1.54, 1.807) is 0 Å². The maximum Gasteiger partial charge on any atom is 0.122 e. The zero-order valence-corrected chi connectivity index (χ0v) is 36.5. The molecule has 4 rings (SSSR count). The Morgan fingerprint density at radius 3 is 0.611 bits per heavy atom. The van der Waals surface area contributed by atoms with E-state index in [1.807, 2.05) is 0 Å². The summed E-state index contributed by atoms with van der Waals surface area (Å²) in [6.07, 6.45) is 5.21. The van der Waals surface area contributed by atoms with E-state index >= 15 is 0 Å². The van der Waals surface area contributed by atoms with Gasteiger partial charge in [-0.15, -0.1) is 0 Å². The van der Waals surface area contributed by atoms with Gasteiger partial charge in [0.05, 0.1) is 0 Å². The van der Waals surface area contributed by atoms with Crippen LogP contribution in [0.1, 0.15) is 223 Å². The van der Waals surface area contributed by atoms with Crippen LogP contribution >= 0.6 is 0 Å². The number of benzene rings is 4. The van der Waals surface area contributed by atoms with Crippen LogP contribution in [-0.2, 0) is 38.5 Å². The SMILES string of the molecule is CCc1c(Cc2cc(C(C)C)c(O)c(C(C)C)c2)c(CC)c(Cc2cc(C(C)C)c(O)c(C(C)C)c2)c(CC)c1Cc1cc(C(C)C)c(O)c(C(C)C)c1. The summed E-state index contributed by atoms with van der Waals surface area (Å²) in [6, 6.07) is 13.5. The molecule has 0 aliphatic heterocycles. The standard InChI is InChI=1S/C51H72O3/c1-16-37-46(25-34-19-40(28(4)5)49(52)41(20-34)29(6)7)38(17-2)48(27-36-23-44(32(12)13)51(54)45(24-36)33(14)15)39(18-3)47(37)26-35-21-42(30(8)9)50(53)43(22-35)31(10)11/h19-24,28-33,52-54H,16-18,25-27H2,1-15H3. The molecule has 3 heteroatoms. The third kappa shape index (κ3) is 8.87. The molecule has 0 fully saturated rings. The topological polar surface area (TPSA) is 60.7 Å². The maximum atomic E-state index is 11.4. The normalized spacial score (nSPS) is 12.2. The minimum absolute atomic E-state index is 0.215. The minimum atomic E-state index is 0.215. The second kappa shape index (κ2) is 17.8. The van der Waals surface area contributed by atoms with Crippen molar-refractivity contribution in [1.29, 1.82) is 0 Å². The predicted molar refractivity (Wildman–Crippen MR) is 232 cm³/mol. The molecule has 4 aromatic carbocycles. The molecule has 0 saturated heterocycles. The van der Waals surface area contributed by atoms with Crippen LogP contribution in [-0.4, -0.2) is 15.3 Å². The molecule has 3 nitrogen and oxygen atoms in total. The van der Waals surface area contributed by atoms with Crippen LogP contribution in [0.4, 0.5) is 0 Å². The Morgan fingerprint density at radius 2 is 0.481 bits per heavy atom. The van der Waals surface area contributed by atoms with Crippen molar-refractivity contribution in [2.45, 2.75) is 178 Å². The Bertz CT molecular complexity index is 1600. The highest BCUT2D eigenvalue weighted by Gasteiger charge is 2.26. The zero-order chi connectivity index (χ0) is 40.3. The van der Waals surface area contributed by atoms with Crippen molar-refractivity contribution in [2.75, 3.05) is 0 Å². The van der Waals surface area contributed by atoms with Crippen molar-refractivity contribution < 1.29 is 15.3 Å². The number of rotatable bonds is 15. The number of phenolic OH excluding ortho intramolecular Hbond substituents is 3. The molecule has 0 aliphatic carbocycles. The van der Waals surface area contributed by atoms with Gasteiger partial charge in [0.25, 0.3) is 0 Å². The van der Waals surface area contributed by atoms with Crippen LogP contribution in [0.2, 0.25) is 0 Å². The summed E-state index contributed by atoms with van der Waals surface area (Å²) >= 11 is 0. The monoisotopic (exact) mass is 733 g/mol. The van der Waals surface area contributed by atoms with Crippen LogP contribution in [0.15, 0.2) is 36.4 Å². The minimum Gasteiger partial charge on any atom is -0.507 e. The second-order valence-electron chi connectivity index (χ2n) is 17.8. The number of hydrogen-bond acceptors (Lipinski definition) is 3. The van der Waals surface area contributed by atoms with Crippen molar-refractivity contribution in [1.82, 2.24) is 0 Å². The third-order valence-corrected chi connectivity index (χ3v) is 11.8. The molecule has 4 aromatic rings. The van der Waals surface area contributed by atoms with E-state index in [0.29, 0.717) is 17.2 Å². The van der Waals surface area contributed by atoms with E-state index in [0.717, 1.165) is 71.9 Å². The van der Waals surface area contributed by atoms with Crippen molar-refractivity contribution in [2.24, 2.45) is 0 Å². The number of phenols is 3. The molecule has 0 aromatic heterocycles. The highest BCUT2D eigenvalue weighted by atomic mass is 16.3. The lowest BCUT2D eigenvalue weighted by Crippen LogP contribution is -2.15. The summed E-state index contributed by atoms with van der Waals surface area (Å²) < 4.78 is 0. The van der Waals surface area contributed by atoms with Crippen LogP contribution < -0.4 is 0 Å². The summed E-state index contributed by atoms with van der Waals surface area (Å²) in [7, 11) is 0. The molecule has 3 N–H and O–H groups in total. The van der Waals surface area contributed by atoms with Crippen molar-refractivity contribution >= 4 is 0 Å². The van der Waals surface area contributed by atoms with Gasteiger partial charge >= 0.3 is 0 Å². The van der Waals surface area contributed by atoms with Gasteiger partial charge in [0, 0.05) is 0 Å². The summed E-state index contributed by atoms with van der Waals surface area (Å²) in [5.74, 6) is 2.63. The molecular formula is C51H72O3. The quantitative estimate of drug-likeness (QED) is 0.114. The Labute approximate surface area is 329 Å². The lowest BCUT2D eigenvalue weighted by atomic mass is 9.77. The van der Waals surface area contributed by atoms with Crippen LogP contribution in [0, 0.1) is 0 Å². The molecular weight excluding hydrogens is 661 g/mol. The average molecular weight is 733 g/mol. The van der Waals surface area contributed by atoms with Crippen LogP contribution in [0.25, 0.3) is 0 Å². The maximum absolute atomic E-state index is 11.4. The fourth-order valence-corrected chi connectivity index (χ4v) is 8.81. The molecule has 294 valence electrons. The van der Waals surface area contributed by atoms with Crippen molar-refractivity contribution in [3.8, 4) is 17.2 Å². The highest BCUT2D eigenvalue weighted by Crippen LogP contribution is 2.42. The van der Waals surface area contributed by atoms with E-state index in [-0.39, 0.29) is 35.5 Å². The predicted octanol–water partition coefficient (Wildman–Crippen LogP) is 14.0. The molecule has 0 atom stereocenters. The lowest BCUT2D eigenvalue weighted by Gasteiger charge is -2.28. The third-order valence-electron chi connectivity index (χ3n) is 11.8. The molecule has 0 amide bonds. The largest absolute Gasteiger partial charge is 0.507 e. The first-order valence-electron chi connectivity index (χ1n) is 21.1. The van der Waals surface area contributed by atoms with Gasteiger partial charge in [-0.1, -0.05) is 140 Å². The van der Waals surface area contributed by atoms with Gasteiger partial charge in [-0.25, -0.2) is 0 Å². The van der Waals surface area contributed by atoms with Gasteiger partial charge < -0.3 is 15.3 Å². The average Bonchev–Trinajstić information content (AvgIpc) is 3.09. The fraction of sp³-hybridized carbons (Fsp3) is 0.529. The summed E-state index contributed by atoms with van der Waals surface area (Å²) in [5, 5.41) is 34.1. The molecule has 0 spiro atoms. The van der Waals surface area contributed by atoms with Gasteiger partial charge in [-0.3, -0.25) is 0 Å². The highest BCUT2D eigenvalue weighted by molar-refractivity contribution is 5.59. The first kappa shape index (κ1) is 43.0. The Balaban J connectivity index is 2.12. The summed E-state index contributed by atoms with van der Waals surface area (Å²) in [4.78, 5) is 0. The second-order valence-corrected chi connectivity index (χ2v) is 17.8. The first-order valence-corrected chi connectivity index (χ1v) is 21.1. The number of hydrogen-bond donors (Lipinski definition) is 3. The molecule has 0 aliphatic rings. The van der Waals surface area contributed by atoms with Crippen molar-refractivity contribution in [3.63, 3.8) is 0 Å². The van der Waals surface area contributed by atoms with Gasteiger partial charge in [-0.05, 0) is 157 Å². The van der Waals surface area contributed by atoms with E-state index in [9.17, 15) is 15.3 Å². The smallest absolute Gasteiger partial charge is 0.122 e. The van der Waals surface area contributed by atoms with E-state index in [2.05, 4.69) is 140 Å². The molecule has 0 radical (unpaired) electrons. The summed E-state index contributed by atoms with van der Waals surface area (Å²) in [6.45, 7) is 33.0. The van der Waals surface area contributed by atoms with Gasteiger partial charge in [-0.2, -0.15) is 0 Å². The van der Waals surface area contributed by atoms with Gasteiger partial charge in [0.15, 0.2) is 0 Å². The zero-order valence-electron chi connectivity index (χ0n) is 36.5. The molecule has 0 heterocycles.